The summed E-state index contributed by atoms with van der Waals surface area (Å²) in [4.78, 5) is 34.7. The molecule has 1 saturated heterocycles. The number of fused-ring (bicyclic) bond motifs is 1. The summed E-state index contributed by atoms with van der Waals surface area (Å²) in [6.45, 7) is 8.46. The van der Waals surface area contributed by atoms with Crippen molar-refractivity contribution >= 4 is 33.4 Å². The normalized spacial score (nSPS) is 22.2. The van der Waals surface area contributed by atoms with Gasteiger partial charge in [0.05, 0.1) is 4.90 Å². The van der Waals surface area contributed by atoms with Crippen LogP contribution in [-0.4, -0.2) is 56.6 Å². The topological polar surface area (TPSA) is 125 Å². The molecule has 5 rings (SSSR count). The quantitative estimate of drug-likeness (QED) is 0.423. The molecule has 3 N–H and O–H groups in total. The van der Waals surface area contributed by atoms with Crippen LogP contribution in [0.4, 0.5) is 5.69 Å². The van der Waals surface area contributed by atoms with Gasteiger partial charge in [-0.1, -0.05) is 30.7 Å². The maximum Gasteiger partial charge on any atom is 0.278 e. The van der Waals surface area contributed by atoms with Crippen molar-refractivity contribution in [2.45, 2.75) is 75.8 Å². The Balaban J connectivity index is 1.45. The third-order valence-electron chi connectivity index (χ3n) is 8.73. The Kier molecular flexibility index (Phi) is 9.25. The summed E-state index contributed by atoms with van der Waals surface area (Å²) in [7, 11) is -3.81. The predicted octanol–water partition coefficient (Wildman–Crippen LogP) is 4.09. The van der Waals surface area contributed by atoms with Crippen LogP contribution in [0.25, 0.3) is 0 Å². The van der Waals surface area contributed by atoms with Crippen LogP contribution in [0, 0.1) is 12.8 Å². The number of nitrogens with two attached hydrogens (primary N) is 1. The molecule has 2 aromatic rings. The lowest BCUT2D eigenvalue weighted by molar-refractivity contribution is -0.122. The summed E-state index contributed by atoms with van der Waals surface area (Å²) < 4.78 is 28.1. The molecule has 0 aromatic heterocycles. The van der Waals surface area contributed by atoms with Gasteiger partial charge in [-0.3, -0.25) is 14.5 Å². The molecule has 1 saturated carbocycles. The van der Waals surface area contributed by atoms with Crippen molar-refractivity contribution in [3.8, 4) is 0 Å². The second kappa shape index (κ2) is 12.9. The molecule has 1 aliphatic carbocycles. The zero-order valence-electron chi connectivity index (χ0n) is 24.3. The first kappa shape index (κ1) is 30.1. The number of amides is 2. The van der Waals surface area contributed by atoms with E-state index < -0.39 is 15.9 Å². The van der Waals surface area contributed by atoms with Crippen LogP contribution in [0.1, 0.15) is 72.0 Å². The van der Waals surface area contributed by atoms with Gasteiger partial charge in [-0.2, -0.15) is 4.99 Å². The number of sulfonamides is 1. The smallest absolute Gasteiger partial charge is 0.278 e. The molecular weight excluding hydrogens is 550 g/mol. The number of rotatable bonds is 9. The van der Waals surface area contributed by atoms with E-state index in [-0.39, 0.29) is 34.9 Å². The minimum absolute atomic E-state index is 0.0501. The summed E-state index contributed by atoms with van der Waals surface area (Å²) in [6, 6.07) is 11.3. The van der Waals surface area contributed by atoms with Crippen LogP contribution < -0.4 is 15.4 Å². The van der Waals surface area contributed by atoms with Crippen LogP contribution in [0.15, 0.2) is 58.9 Å². The van der Waals surface area contributed by atoms with E-state index in [9.17, 15) is 18.0 Å². The number of amidine groups is 1. The molecule has 42 heavy (non-hydrogen) atoms. The number of primary amides is 1. The molecule has 224 valence electrons. The van der Waals surface area contributed by atoms with Gasteiger partial charge in [-0.25, -0.2) is 13.1 Å². The molecule has 0 atom stereocenters. The Hall–Kier alpha value is -3.34. The number of likely N-dealkylation sites (tertiary alicyclic amines) is 1. The fourth-order valence-electron chi connectivity index (χ4n) is 6.42. The van der Waals surface area contributed by atoms with Gasteiger partial charge >= 0.3 is 0 Å². The first-order chi connectivity index (χ1) is 20.2. The average molecular weight is 592 g/mol. The number of piperidine rings is 1. The SMILES string of the molecule is C=CCNS(=O)(=O)c1cc(C(=O)N=C2Cc3ccc(CN4CCCCC4)cc3N2C2CCC(C(N)=O)CC2)ccc1C. The Morgan fingerprint density at radius 3 is 2.50 bits per heavy atom. The Morgan fingerprint density at radius 1 is 1.07 bits per heavy atom. The zero-order valence-corrected chi connectivity index (χ0v) is 25.2. The highest BCUT2D eigenvalue weighted by Crippen LogP contribution is 2.38. The molecule has 2 amide bonds. The lowest BCUT2D eigenvalue weighted by Crippen LogP contribution is -2.42. The second-order valence-electron chi connectivity index (χ2n) is 11.7. The fraction of sp³-hybridized carbons (Fsp3) is 0.469. The summed E-state index contributed by atoms with van der Waals surface area (Å²) in [6.07, 6.45) is 8.69. The first-order valence-corrected chi connectivity index (χ1v) is 16.4. The van der Waals surface area contributed by atoms with Crippen molar-refractivity contribution < 1.29 is 18.0 Å². The fourth-order valence-corrected chi connectivity index (χ4v) is 7.69. The van der Waals surface area contributed by atoms with Gasteiger partial charge in [0.2, 0.25) is 15.9 Å². The van der Waals surface area contributed by atoms with Crippen molar-refractivity contribution in [1.82, 2.24) is 9.62 Å². The minimum atomic E-state index is -3.81. The van der Waals surface area contributed by atoms with Crippen molar-refractivity contribution in [2.75, 3.05) is 24.5 Å². The van der Waals surface area contributed by atoms with Crippen LogP contribution in [0.3, 0.4) is 0 Å². The van der Waals surface area contributed by atoms with Crippen molar-refractivity contribution in [1.29, 1.82) is 0 Å². The Bertz CT molecular complexity index is 1490. The molecule has 2 fully saturated rings. The molecule has 2 heterocycles. The molecule has 3 aliphatic rings. The van der Waals surface area contributed by atoms with Crippen LogP contribution in [0.5, 0.6) is 0 Å². The number of carbonyl (C=O) groups is 2. The largest absolute Gasteiger partial charge is 0.369 e. The molecule has 2 aliphatic heterocycles. The van der Waals surface area contributed by atoms with Crippen molar-refractivity contribution in [3.05, 3.63) is 71.3 Å². The maximum absolute atomic E-state index is 13.5. The lowest BCUT2D eigenvalue weighted by atomic mass is 9.85. The standard InChI is InChI=1S/C32H41N5O4S/c1-3-15-34-42(40,41)29-19-26(9-7-22(29)2)32(39)35-30-20-25-10-8-23(21-36-16-5-4-6-17-36)18-28(25)37(30)27-13-11-24(12-14-27)31(33)38/h3,7-10,18-19,24,27,34H,1,4-6,11-17,20-21H2,2H3,(H2,33,38). The van der Waals surface area contributed by atoms with E-state index in [1.807, 2.05) is 0 Å². The summed E-state index contributed by atoms with van der Waals surface area (Å²) >= 11 is 0. The predicted molar refractivity (Wildman–Crippen MR) is 165 cm³/mol. The van der Waals surface area contributed by atoms with Gasteiger partial charge in [0.15, 0.2) is 0 Å². The molecule has 0 spiro atoms. The third-order valence-corrected chi connectivity index (χ3v) is 10.3. The number of aliphatic imine (C=N–C) groups is 1. The van der Waals surface area contributed by atoms with Gasteiger partial charge in [-0.05, 0) is 93.4 Å². The van der Waals surface area contributed by atoms with Gasteiger partial charge < -0.3 is 10.6 Å². The molecular formula is C32H41N5O4S. The van der Waals surface area contributed by atoms with E-state index >= 15 is 0 Å². The Morgan fingerprint density at radius 2 is 1.81 bits per heavy atom. The van der Waals surface area contributed by atoms with Gasteiger partial charge in [0, 0.05) is 42.7 Å². The summed E-state index contributed by atoms with van der Waals surface area (Å²) in [5, 5.41) is 0. The van der Waals surface area contributed by atoms with E-state index in [1.54, 1.807) is 19.1 Å². The molecule has 0 unspecified atom stereocenters. The van der Waals surface area contributed by atoms with E-state index in [2.05, 4.69) is 44.3 Å². The van der Waals surface area contributed by atoms with E-state index in [4.69, 9.17) is 5.73 Å². The van der Waals surface area contributed by atoms with Gasteiger partial charge in [-0.15, -0.1) is 6.58 Å². The molecule has 10 heteroatoms. The number of hydrogen-bond donors (Lipinski definition) is 2. The monoisotopic (exact) mass is 591 g/mol. The molecule has 2 aromatic carbocycles. The number of nitrogens with zero attached hydrogens (tertiary/aromatic N) is 3. The number of anilines is 1. The minimum Gasteiger partial charge on any atom is -0.369 e. The molecule has 9 nitrogen and oxygen atoms in total. The number of hydrogen-bond acceptors (Lipinski definition) is 5. The second-order valence-corrected chi connectivity index (χ2v) is 13.4. The maximum atomic E-state index is 13.5. The highest BCUT2D eigenvalue weighted by Gasteiger charge is 2.36. The van der Waals surface area contributed by atoms with Crippen molar-refractivity contribution in [3.63, 3.8) is 0 Å². The highest BCUT2D eigenvalue weighted by atomic mass is 32.2. The average Bonchev–Trinajstić information content (AvgIpc) is 3.33. The Labute approximate surface area is 248 Å². The van der Waals surface area contributed by atoms with Gasteiger partial charge in [0.1, 0.15) is 5.84 Å². The first-order valence-electron chi connectivity index (χ1n) is 14.9. The van der Waals surface area contributed by atoms with Crippen molar-refractivity contribution in [2.24, 2.45) is 16.6 Å². The molecule has 0 bridgehead atoms. The third kappa shape index (κ3) is 6.66. The van der Waals surface area contributed by atoms with Crippen LogP contribution >= 0.6 is 0 Å². The van der Waals surface area contributed by atoms with Crippen LogP contribution in [0.2, 0.25) is 0 Å². The van der Waals surface area contributed by atoms with E-state index in [0.717, 1.165) is 43.7 Å². The zero-order chi connectivity index (χ0) is 29.9. The van der Waals surface area contributed by atoms with E-state index in [0.29, 0.717) is 30.7 Å². The van der Waals surface area contributed by atoms with Crippen LogP contribution in [-0.2, 0) is 27.8 Å². The van der Waals surface area contributed by atoms with E-state index in [1.165, 1.54) is 37.0 Å². The number of nitrogens with one attached hydrogen (secondary N) is 1. The lowest BCUT2D eigenvalue weighted by Gasteiger charge is -2.36. The summed E-state index contributed by atoms with van der Waals surface area (Å²) in [5.41, 5.74) is 9.78. The number of aryl methyl sites for hydroxylation is 1. The summed E-state index contributed by atoms with van der Waals surface area (Å²) in [5.74, 6) is -0.209. The number of benzene rings is 2. The number of carbonyl (C=O) groups excluding carboxylic acids is 2. The highest BCUT2D eigenvalue weighted by molar-refractivity contribution is 7.89. The molecule has 0 radical (unpaired) electrons. The van der Waals surface area contributed by atoms with Gasteiger partial charge in [0.25, 0.3) is 5.91 Å².